The molecule has 0 atom stereocenters. The first-order chi connectivity index (χ1) is 7.01. The van der Waals surface area contributed by atoms with E-state index in [1.807, 2.05) is 5.01 Å². The van der Waals surface area contributed by atoms with E-state index in [4.69, 9.17) is 9.79 Å². The van der Waals surface area contributed by atoms with Gasteiger partial charge in [0.25, 0.3) is 0 Å². The topological polar surface area (TPSA) is 72.8 Å². The highest BCUT2D eigenvalue weighted by Crippen LogP contribution is 2.37. The van der Waals surface area contributed by atoms with Crippen molar-refractivity contribution in [2.24, 2.45) is 0 Å². The lowest BCUT2D eigenvalue weighted by atomic mass is 10.2. The van der Waals surface area contributed by atoms with Crippen molar-refractivity contribution < 1.29 is 14.4 Å². The van der Waals surface area contributed by atoms with Crippen LogP contribution >= 0.6 is 7.60 Å². The van der Waals surface area contributed by atoms with Gasteiger partial charge in [0.15, 0.2) is 0 Å². The molecule has 3 N–H and O–H groups in total. The molecule has 0 saturated carbocycles. The Morgan fingerprint density at radius 2 is 2.40 bits per heavy atom. The monoisotopic (exact) mass is 230 g/mol. The van der Waals surface area contributed by atoms with Crippen LogP contribution in [-0.2, 0) is 4.57 Å². The summed E-state index contributed by atoms with van der Waals surface area (Å²) in [6.07, 6.45) is 6.78. The van der Waals surface area contributed by atoms with Gasteiger partial charge >= 0.3 is 7.60 Å². The SMILES string of the molecule is C=CCNN1C=CC(CP(=O)(O)O)=CC1. The van der Waals surface area contributed by atoms with Gasteiger partial charge in [-0.3, -0.25) is 4.57 Å². The third kappa shape index (κ3) is 4.95. The number of allylic oxidation sites excluding steroid dienone is 2. The highest BCUT2D eigenvalue weighted by Gasteiger charge is 2.16. The normalized spacial score (nSPS) is 16.4. The average molecular weight is 230 g/mol. The molecule has 0 spiro atoms. The Morgan fingerprint density at radius 1 is 1.67 bits per heavy atom. The molecule has 0 saturated heterocycles. The quantitative estimate of drug-likeness (QED) is 0.476. The first kappa shape index (κ1) is 12.2. The largest absolute Gasteiger partial charge is 0.329 e. The maximum atomic E-state index is 10.7. The van der Waals surface area contributed by atoms with Crippen LogP contribution in [0.15, 0.2) is 36.6 Å². The van der Waals surface area contributed by atoms with Gasteiger partial charge in [-0.25, -0.2) is 5.43 Å². The molecule has 5 nitrogen and oxygen atoms in total. The molecule has 15 heavy (non-hydrogen) atoms. The van der Waals surface area contributed by atoms with Gasteiger partial charge < -0.3 is 14.8 Å². The second-order valence-electron chi connectivity index (χ2n) is 3.22. The molecule has 6 heteroatoms. The number of nitrogens with zero attached hydrogens (tertiary/aromatic N) is 1. The van der Waals surface area contributed by atoms with E-state index >= 15 is 0 Å². The maximum absolute atomic E-state index is 10.7. The van der Waals surface area contributed by atoms with Crippen LogP contribution in [0, 0.1) is 0 Å². The molecule has 0 amide bonds. The van der Waals surface area contributed by atoms with Crippen LogP contribution in [0.1, 0.15) is 0 Å². The third-order valence-electron chi connectivity index (χ3n) is 1.85. The highest BCUT2D eigenvalue weighted by atomic mass is 31.2. The molecule has 1 aliphatic rings. The van der Waals surface area contributed by atoms with E-state index in [0.29, 0.717) is 18.7 Å². The molecule has 0 aliphatic carbocycles. The van der Waals surface area contributed by atoms with Gasteiger partial charge in [0.1, 0.15) is 0 Å². The Labute approximate surface area is 88.9 Å². The van der Waals surface area contributed by atoms with Crippen LogP contribution in [0.5, 0.6) is 0 Å². The van der Waals surface area contributed by atoms with Crippen molar-refractivity contribution in [3.63, 3.8) is 0 Å². The second-order valence-corrected chi connectivity index (χ2v) is 4.87. The maximum Gasteiger partial charge on any atom is 0.329 e. The first-order valence-electron chi connectivity index (χ1n) is 4.54. The summed E-state index contributed by atoms with van der Waals surface area (Å²) in [6.45, 7) is 4.83. The van der Waals surface area contributed by atoms with E-state index in [0.717, 1.165) is 0 Å². The smallest absolute Gasteiger partial charge is 0.324 e. The highest BCUT2D eigenvalue weighted by molar-refractivity contribution is 7.52. The summed E-state index contributed by atoms with van der Waals surface area (Å²) in [6, 6.07) is 0. The number of hydrogen-bond acceptors (Lipinski definition) is 3. The summed E-state index contributed by atoms with van der Waals surface area (Å²) in [5.74, 6) is 0. The molecule has 0 aromatic heterocycles. The van der Waals surface area contributed by atoms with Gasteiger partial charge in [-0.05, 0) is 11.6 Å². The number of hydrazine groups is 1. The lowest BCUT2D eigenvalue weighted by Gasteiger charge is -2.22. The second kappa shape index (κ2) is 5.28. The zero-order valence-electron chi connectivity index (χ0n) is 8.33. The molecule has 1 rings (SSSR count). The van der Waals surface area contributed by atoms with E-state index in [1.165, 1.54) is 0 Å². The first-order valence-corrected chi connectivity index (χ1v) is 6.34. The molecule has 0 aromatic rings. The van der Waals surface area contributed by atoms with E-state index in [2.05, 4.69) is 12.0 Å². The Bertz CT molecular complexity index is 332. The number of rotatable bonds is 5. The Morgan fingerprint density at radius 3 is 2.87 bits per heavy atom. The predicted octanol–water partition coefficient (Wildman–Crippen LogP) is 0.610. The van der Waals surface area contributed by atoms with Gasteiger partial charge in [-0.1, -0.05) is 12.2 Å². The molecule has 84 valence electrons. The Balaban J connectivity index is 2.43. The lowest BCUT2D eigenvalue weighted by Crippen LogP contribution is -2.34. The van der Waals surface area contributed by atoms with Crippen molar-refractivity contribution in [2.45, 2.75) is 0 Å². The summed E-state index contributed by atoms with van der Waals surface area (Å²) in [5, 5.41) is 1.82. The molecule has 1 heterocycles. The fraction of sp³-hybridized carbons (Fsp3) is 0.333. The predicted molar refractivity (Wildman–Crippen MR) is 59.0 cm³/mol. The van der Waals surface area contributed by atoms with E-state index in [-0.39, 0.29) is 6.16 Å². The number of nitrogens with one attached hydrogen (secondary N) is 1. The van der Waals surface area contributed by atoms with E-state index in [9.17, 15) is 4.57 Å². The standard InChI is InChI=1S/C9H15N2O3P/c1-2-5-10-11-6-3-9(4-7-11)8-15(12,13)14/h2-4,6,10H,1,5,7-8H2,(H2,12,13,14). The number of hydrogen-bond donors (Lipinski definition) is 3. The van der Waals surface area contributed by atoms with Crippen molar-refractivity contribution >= 4 is 7.60 Å². The van der Waals surface area contributed by atoms with Crippen molar-refractivity contribution in [2.75, 3.05) is 19.3 Å². The Kier molecular flexibility index (Phi) is 4.29. The zero-order chi connectivity index (χ0) is 11.3. The van der Waals surface area contributed by atoms with Crippen LogP contribution < -0.4 is 5.43 Å². The minimum Gasteiger partial charge on any atom is -0.324 e. The van der Waals surface area contributed by atoms with Crippen LogP contribution in [0.25, 0.3) is 0 Å². The summed E-state index contributed by atoms with van der Waals surface area (Å²) in [5.41, 5.74) is 3.71. The third-order valence-corrected chi connectivity index (χ3v) is 2.62. The Hall–Kier alpha value is -0.870. The van der Waals surface area contributed by atoms with Crippen molar-refractivity contribution in [3.8, 4) is 0 Å². The van der Waals surface area contributed by atoms with Gasteiger partial charge in [0, 0.05) is 12.7 Å². The molecule has 0 unspecified atom stereocenters. The van der Waals surface area contributed by atoms with Gasteiger partial charge in [-0.15, -0.1) is 6.58 Å². The van der Waals surface area contributed by atoms with Crippen LogP contribution in [0.3, 0.4) is 0 Å². The summed E-state index contributed by atoms with van der Waals surface area (Å²) >= 11 is 0. The zero-order valence-corrected chi connectivity index (χ0v) is 9.23. The van der Waals surface area contributed by atoms with Crippen molar-refractivity contribution in [1.82, 2.24) is 10.4 Å². The molecule has 0 radical (unpaired) electrons. The van der Waals surface area contributed by atoms with Gasteiger partial charge in [0.05, 0.1) is 12.7 Å². The molecular formula is C9H15N2O3P. The summed E-state index contributed by atoms with van der Waals surface area (Å²) < 4.78 is 10.7. The fourth-order valence-corrected chi connectivity index (χ4v) is 1.89. The van der Waals surface area contributed by atoms with Gasteiger partial charge in [-0.2, -0.15) is 0 Å². The van der Waals surface area contributed by atoms with Crippen LogP contribution in [0.2, 0.25) is 0 Å². The fourth-order valence-electron chi connectivity index (χ4n) is 1.18. The summed E-state index contributed by atoms with van der Waals surface area (Å²) in [7, 11) is -3.95. The van der Waals surface area contributed by atoms with Crippen LogP contribution in [0.4, 0.5) is 0 Å². The molecule has 0 bridgehead atoms. The lowest BCUT2D eigenvalue weighted by molar-refractivity contribution is 0.310. The molecular weight excluding hydrogens is 215 g/mol. The van der Waals surface area contributed by atoms with E-state index < -0.39 is 7.60 Å². The van der Waals surface area contributed by atoms with E-state index in [1.54, 1.807) is 24.4 Å². The molecule has 0 fully saturated rings. The van der Waals surface area contributed by atoms with Crippen molar-refractivity contribution in [3.05, 3.63) is 36.6 Å². The summed E-state index contributed by atoms with van der Waals surface area (Å²) in [4.78, 5) is 17.5. The molecule has 0 aromatic carbocycles. The van der Waals surface area contributed by atoms with Crippen molar-refractivity contribution in [1.29, 1.82) is 0 Å². The average Bonchev–Trinajstić information content (AvgIpc) is 2.14. The van der Waals surface area contributed by atoms with Gasteiger partial charge in [0.2, 0.25) is 0 Å². The minimum absolute atomic E-state index is 0.196. The van der Waals surface area contributed by atoms with Crippen LogP contribution in [-0.4, -0.2) is 34.0 Å². The molecule has 1 aliphatic heterocycles. The minimum atomic E-state index is -3.95.